The zero-order chi connectivity index (χ0) is 18.7. The van der Waals surface area contributed by atoms with E-state index in [0.717, 1.165) is 28.5 Å². The number of para-hydroxylation sites is 1. The maximum Gasteiger partial charge on any atom is 0.191 e. The highest BCUT2D eigenvalue weighted by Gasteiger charge is 2.05. The van der Waals surface area contributed by atoms with Gasteiger partial charge in [-0.1, -0.05) is 54.6 Å². The van der Waals surface area contributed by atoms with Crippen molar-refractivity contribution in [1.82, 2.24) is 15.6 Å². The van der Waals surface area contributed by atoms with Gasteiger partial charge < -0.3 is 15.4 Å². The van der Waals surface area contributed by atoms with E-state index in [1.54, 1.807) is 13.2 Å². The fraction of sp³-hybridized carbons (Fsp3) is 0.182. The fourth-order valence-corrected chi connectivity index (χ4v) is 2.60. The second-order valence-corrected chi connectivity index (χ2v) is 5.98. The molecule has 138 valence electrons. The van der Waals surface area contributed by atoms with Crippen molar-refractivity contribution in [3.8, 4) is 5.75 Å². The molecular weight excluding hydrogens is 336 g/mol. The fourth-order valence-electron chi connectivity index (χ4n) is 2.60. The summed E-state index contributed by atoms with van der Waals surface area (Å²) in [7, 11) is 1.76. The van der Waals surface area contributed by atoms with Gasteiger partial charge in [-0.2, -0.15) is 0 Å². The van der Waals surface area contributed by atoms with Gasteiger partial charge in [0.1, 0.15) is 12.4 Å². The summed E-state index contributed by atoms with van der Waals surface area (Å²) in [5.41, 5.74) is 3.19. The smallest absolute Gasteiger partial charge is 0.191 e. The van der Waals surface area contributed by atoms with Crippen molar-refractivity contribution in [2.45, 2.75) is 19.7 Å². The highest BCUT2D eigenvalue weighted by atomic mass is 16.5. The molecule has 0 aliphatic heterocycles. The molecule has 0 saturated heterocycles. The summed E-state index contributed by atoms with van der Waals surface area (Å²) in [6.07, 6.45) is 1.79. The van der Waals surface area contributed by atoms with E-state index in [9.17, 15) is 0 Å². The van der Waals surface area contributed by atoms with Gasteiger partial charge in [0.25, 0.3) is 0 Å². The van der Waals surface area contributed by atoms with E-state index in [4.69, 9.17) is 4.74 Å². The lowest BCUT2D eigenvalue weighted by Crippen LogP contribution is -2.36. The summed E-state index contributed by atoms with van der Waals surface area (Å²) in [5, 5.41) is 6.59. The van der Waals surface area contributed by atoms with Crippen molar-refractivity contribution in [2.24, 2.45) is 4.99 Å². The Morgan fingerprint density at radius 2 is 1.63 bits per heavy atom. The first-order valence-electron chi connectivity index (χ1n) is 8.94. The first kappa shape index (κ1) is 18.5. The Kier molecular flexibility index (Phi) is 6.81. The van der Waals surface area contributed by atoms with Crippen LogP contribution in [-0.4, -0.2) is 18.0 Å². The molecule has 5 nitrogen and oxygen atoms in total. The molecule has 2 aromatic carbocycles. The van der Waals surface area contributed by atoms with Gasteiger partial charge in [0.05, 0.1) is 12.2 Å². The van der Waals surface area contributed by atoms with Crippen molar-refractivity contribution in [2.75, 3.05) is 7.05 Å². The van der Waals surface area contributed by atoms with E-state index in [1.807, 2.05) is 54.6 Å². The number of benzene rings is 2. The van der Waals surface area contributed by atoms with Gasteiger partial charge in [0.2, 0.25) is 0 Å². The van der Waals surface area contributed by atoms with Crippen LogP contribution in [0.15, 0.2) is 84.0 Å². The first-order valence-corrected chi connectivity index (χ1v) is 8.94. The largest absolute Gasteiger partial charge is 0.489 e. The molecule has 0 radical (unpaired) electrons. The van der Waals surface area contributed by atoms with Crippen LogP contribution < -0.4 is 15.4 Å². The third kappa shape index (κ3) is 5.85. The number of aliphatic imine (C=N–C) groups is 1. The van der Waals surface area contributed by atoms with Gasteiger partial charge in [0, 0.05) is 25.4 Å². The van der Waals surface area contributed by atoms with Crippen molar-refractivity contribution in [3.05, 3.63) is 95.8 Å². The molecule has 0 aliphatic rings. The molecule has 1 aromatic heterocycles. The molecule has 0 aliphatic carbocycles. The van der Waals surface area contributed by atoms with Gasteiger partial charge in [-0.25, -0.2) is 0 Å². The quantitative estimate of drug-likeness (QED) is 0.500. The lowest BCUT2D eigenvalue weighted by Gasteiger charge is -2.15. The van der Waals surface area contributed by atoms with Crippen molar-refractivity contribution >= 4 is 5.96 Å². The highest BCUT2D eigenvalue weighted by molar-refractivity contribution is 5.79. The van der Waals surface area contributed by atoms with E-state index >= 15 is 0 Å². The molecule has 27 heavy (non-hydrogen) atoms. The van der Waals surface area contributed by atoms with Crippen LogP contribution in [0.2, 0.25) is 0 Å². The number of hydrogen-bond acceptors (Lipinski definition) is 3. The zero-order valence-corrected chi connectivity index (χ0v) is 15.4. The predicted octanol–water partition coefficient (Wildman–Crippen LogP) is 3.53. The van der Waals surface area contributed by atoms with E-state index in [0.29, 0.717) is 19.7 Å². The molecule has 0 saturated carbocycles. The summed E-state index contributed by atoms with van der Waals surface area (Å²) in [6, 6.07) is 24.1. The number of nitrogens with zero attached hydrogens (tertiary/aromatic N) is 2. The van der Waals surface area contributed by atoms with Crippen LogP contribution in [0, 0.1) is 0 Å². The molecular formula is C22H24N4O. The van der Waals surface area contributed by atoms with Crippen molar-refractivity contribution < 1.29 is 4.74 Å². The number of pyridine rings is 1. The Labute approximate surface area is 160 Å². The Hall–Kier alpha value is -3.34. The molecule has 5 heteroatoms. The number of hydrogen-bond donors (Lipinski definition) is 2. The molecule has 0 bridgehead atoms. The van der Waals surface area contributed by atoms with Crippen molar-refractivity contribution in [1.29, 1.82) is 0 Å². The number of guanidine groups is 1. The maximum absolute atomic E-state index is 6.01. The number of ether oxygens (including phenoxy) is 1. The lowest BCUT2D eigenvalue weighted by molar-refractivity contribution is 0.302. The minimum Gasteiger partial charge on any atom is -0.489 e. The molecule has 2 N–H and O–H groups in total. The van der Waals surface area contributed by atoms with Gasteiger partial charge in [0.15, 0.2) is 5.96 Å². The van der Waals surface area contributed by atoms with Crippen LogP contribution in [0.3, 0.4) is 0 Å². The van der Waals surface area contributed by atoms with Gasteiger partial charge in [-0.15, -0.1) is 0 Å². The second kappa shape index (κ2) is 9.97. The van der Waals surface area contributed by atoms with Crippen LogP contribution in [0.5, 0.6) is 5.75 Å². The summed E-state index contributed by atoms with van der Waals surface area (Å²) in [6.45, 7) is 1.78. The van der Waals surface area contributed by atoms with Crippen LogP contribution in [0.1, 0.15) is 16.8 Å². The number of nitrogens with one attached hydrogen (secondary N) is 2. The predicted molar refractivity (Wildman–Crippen MR) is 108 cm³/mol. The van der Waals surface area contributed by atoms with E-state index < -0.39 is 0 Å². The Morgan fingerprint density at radius 1 is 0.889 bits per heavy atom. The molecule has 0 unspecified atom stereocenters. The van der Waals surface area contributed by atoms with Crippen LogP contribution in [-0.2, 0) is 19.7 Å². The SMILES string of the molecule is CN=C(NCc1ccccn1)NCc1ccccc1OCc1ccccc1. The minimum atomic E-state index is 0.546. The molecule has 0 atom stereocenters. The zero-order valence-electron chi connectivity index (χ0n) is 15.4. The number of aromatic nitrogens is 1. The minimum absolute atomic E-state index is 0.546. The highest BCUT2D eigenvalue weighted by Crippen LogP contribution is 2.19. The van der Waals surface area contributed by atoms with E-state index in [2.05, 4.69) is 38.8 Å². The average molecular weight is 360 g/mol. The first-order chi connectivity index (χ1) is 13.3. The summed E-state index contributed by atoms with van der Waals surface area (Å²) in [4.78, 5) is 8.57. The maximum atomic E-state index is 6.01. The van der Waals surface area contributed by atoms with Gasteiger partial charge in [-0.3, -0.25) is 9.98 Å². The molecule has 0 fully saturated rings. The van der Waals surface area contributed by atoms with Crippen LogP contribution in [0.4, 0.5) is 0 Å². The van der Waals surface area contributed by atoms with Crippen molar-refractivity contribution in [3.63, 3.8) is 0 Å². The van der Waals surface area contributed by atoms with Gasteiger partial charge >= 0.3 is 0 Å². The third-order valence-electron chi connectivity index (χ3n) is 4.04. The topological polar surface area (TPSA) is 58.5 Å². The second-order valence-electron chi connectivity index (χ2n) is 5.98. The summed E-state index contributed by atoms with van der Waals surface area (Å²) >= 11 is 0. The van der Waals surface area contributed by atoms with E-state index in [-0.39, 0.29) is 0 Å². The molecule has 3 rings (SSSR count). The standard InChI is InChI=1S/C22H24N4O/c1-23-22(26-16-20-12-7-8-14-24-20)25-15-19-11-5-6-13-21(19)27-17-18-9-3-2-4-10-18/h2-14H,15-17H2,1H3,(H2,23,25,26). The monoisotopic (exact) mass is 360 g/mol. The Balaban J connectivity index is 1.55. The Bertz CT molecular complexity index is 850. The molecule has 3 aromatic rings. The molecule has 0 amide bonds. The normalized spacial score (nSPS) is 11.1. The van der Waals surface area contributed by atoms with Crippen LogP contribution >= 0.6 is 0 Å². The Morgan fingerprint density at radius 3 is 2.41 bits per heavy atom. The molecule has 0 spiro atoms. The van der Waals surface area contributed by atoms with Crippen LogP contribution in [0.25, 0.3) is 0 Å². The lowest BCUT2D eigenvalue weighted by atomic mass is 10.2. The average Bonchev–Trinajstić information content (AvgIpc) is 2.74. The summed E-state index contributed by atoms with van der Waals surface area (Å²) in [5.74, 6) is 1.59. The van der Waals surface area contributed by atoms with Gasteiger partial charge in [-0.05, 0) is 23.8 Å². The molecule has 1 heterocycles. The summed E-state index contributed by atoms with van der Waals surface area (Å²) < 4.78 is 6.01. The third-order valence-corrected chi connectivity index (χ3v) is 4.04. The van der Waals surface area contributed by atoms with E-state index in [1.165, 1.54) is 0 Å². The number of rotatable bonds is 7.